The average molecular weight is 385 g/mol. The number of carboxylic acid groups (broad SMARTS) is 1. The van der Waals surface area contributed by atoms with Crippen LogP contribution in [0.4, 0.5) is 15.5 Å². The molecule has 3 aromatic heterocycles. The summed E-state index contributed by atoms with van der Waals surface area (Å²) >= 11 is 1.44. The van der Waals surface area contributed by atoms with Crippen molar-refractivity contribution in [2.24, 2.45) is 0 Å². The number of thiophene rings is 1. The number of nitrogens with zero attached hydrogens (tertiary/aromatic N) is 2. The molecule has 1 aliphatic rings. The normalized spacial score (nSPS) is 17.0. The van der Waals surface area contributed by atoms with Gasteiger partial charge in [0.1, 0.15) is 10.6 Å². The maximum Gasteiger partial charge on any atom is 0.407 e. The Balaban J connectivity index is 1.49. The van der Waals surface area contributed by atoms with Gasteiger partial charge in [-0.25, -0.2) is 9.78 Å². The molecular weight excluding hydrogens is 366 g/mol. The van der Waals surface area contributed by atoms with Gasteiger partial charge in [-0.3, -0.25) is 4.79 Å². The first-order valence-electron chi connectivity index (χ1n) is 8.67. The summed E-state index contributed by atoms with van der Waals surface area (Å²) in [5.74, 6) is -0.199. The number of anilines is 2. The molecule has 1 unspecified atom stereocenters. The van der Waals surface area contributed by atoms with Crippen molar-refractivity contribution < 1.29 is 14.7 Å². The van der Waals surface area contributed by atoms with Crippen LogP contribution in [0.2, 0.25) is 0 Å². The van der Waals surface area contributed by atoms with Gasteiger partial charge in [0.05, 0.1) is 11.3 Å². The zero-order chi connectivity index (χ0) is 18.8. The molecule has 0 saturated carbocycles. The largest absolute Gasteiger partial charge is 0.465 e. The van der Waals surface area contributed by atoms with Gasteiger partial charge < -0.3 is 25.6 Å². The molecule has 140 valence electrons. The molecule has 27 heavy (non-hydrogen) atoms. The number of pyridine rings is 1. The maximum atomic E-state index is 12.7. The number of likely N-dealkylation sites (tertiary alicyclic amines) is 1. The van der Waals surface area contributed by atoms with Crippen molar-refractivity contribution in [2.45, 2.75) is 18.9 Å². The Labute approximate surface area is 159 Å². The van der Waals surface area contributed by atoms with Crippen LogP contribution in [0.25, 0.3) is 11.0 Å². The van der Waals surface area contributed by atoms with Crippen LogP contribution in [0.15, 0.2) is 36.0 Å². The molecule has 8 nitrogen and oxygen atoms in total. The Kier molecular flexibility index (Phi) is 4.68. The third-order valence-electron chi connectivity index (χ3n) is 4.65. The standard InChI is InChI=1S/C18H19N5O3S/c24-16(21-11-2-1-8-23(10-11)18(25)26)13-5-9-27-17(13)22-14-4-7-20-15-12(14)3-6-19-15/h3-7,9,11H,1-2,8,10H2,(H,21,24)(H,25,26)(H2,19,20,22). The van der Waals surface area contributed by atoms with E-state index in [1.165, 1.54) is 16.2 Å². The molecule has 4 N–H and O–H groups in total. The molecule has 4 rings (SSSR count). The fraction of sp³-hybridized carbons (Fsp3) is 0.278. The molecule has 1 aliphatic heterocycles. The van der Waals surface area contributed by atoms with E-state index in [9.17, 15) is 9.59 Å². The zero-order valence-electron chi connectivity index (χ0n) is 14.4. The number of carbonyl (C=O) groups excluding carboxylic acids is 1. The van der Waals surface area contributed by atoms with E-state index in [1.807, 2.05) is 23.7 Å². The molecule has 0 bridgehead atoms. The molecular formula is C18H19N5O3S. The molecule has 9 heteroatoms. The van der Waals surface area contributed by atoms with E-state index in [4.69, 9.17) is 5.11 Å². The lowest BCUT2D eigenvalue weighted by atomic mass is 10.1. The molecule has 4 heterocycles. The van der Waals surface area contributed by atoms with Crippen molar-refractivity contribution in [3.05, 3.63) is 41.5 Å². The fourth-order valence-electron chi connectivity index (χ4n) is 3.31. The van der Waals surface area contributed by atoms with Gasteiger partial charge in [0.15, 0.2) is 0 Å². The Morgan fingerprint density at radius 1 is 1.33 bits per heavy atom. The van der Waals surface area contributed by atoms with E-state index >= 15 is 0 Å². The predicted octanol–water partition coefficient (Wildman–Crippen LogP) is 3.24. The summed E-state index contributed by atoms with van der Waals surface area (Å²) in [6.07, 6.45) is 4.10. The number of hydrogen-bond acceptors (Lipinski definition) is 5. The molecule has 1 atom stereocenters. The lowest BCUT2D eigenvalue weighted by Gasteiger charge is -2.31. The van der Waals surface area contributed by atoms with Crippen LogP contribution in [0.1, 0.15) is 23.2 Å². The van der Waals surface area contributed by atoms with Crippen LogP contribution in [0, 0.1) is 0 Å². The topological polar surface area (TPSA) is 110 Å². The average Bonchev–Trinajstić information content (AvgIpc) is 3.31. The number of aromatic nitrogens is 2. The van der Waals surface area contributed by atoms with E-state index in [1.54, 1.807) is 12.3 Å². The zero-order valence-corrected chi connectivity index (χ0v) is 15.3. The summed E-state index contributed by atoms with van der Waals surface area (Å²) in [6.45, 7) is 0.837. The Bertz CT molecular complexity index is 982. The second-order valence-corrected chi connectivity index (χ2v) is 7.34. The molecule has 0 radical (unpaired) electrons. The first kappa shape index (κ1) is 17.3. The van der Waals surface area contributed by atoms with Crippen LogP contribution in [0.5, 0.6) is 0 Å². The van der Waals surface area contributed by atoms with E-state index < -0.39 is 6.09 Å². The lowest BCUT2D eigenvalue weighted by molar-refractivity contribution is 0.0889. The van der Waals surface area contributed by atoms with Crippen molar-refractivity contribution in [1.29, 1.82) is 0 Å². The summed E-state index contributed by atoms with van der Waals surface area (Å²) in [7, 11) is 0. The third kappa shape index (κ3) is 3.59. The number of carbonyl (C=O) groups is 2. The lowest BCUT2D eigenvalue weighted by Crippen LogP contribution is -2.49. The number of hydrogen-bond donors (Lipinski definition) is 4. The number of piperidine rings is 1. The van der Waals surface area contributed by atoms with Crippen LogP contribution >= 0.6 is 11.3 Å². The molecule has 0 aliphatic carbocycles. The minimum absolute atomic E-state index is 0.174. The van der Waals surface area contributed by atoms with Crippen LogP contribution in [-0.4, -0.2) is 51.1 Å². The summed E-state index contributed by atoms with van der Waals surface area (Å²) < 4.78 is 0. The monoisotopic (exact) mass is 385 g/mol. The minimum Gasteiger partial charge on any atom is -0.465 e. The first-order chi connectivity index (χ1) is 13.1. The van der Waals surface area contributed by atoms with E-state index in [-0.39, 0.29) is 11.9 Å². The first-order valence-corrected chi connectivity index (χ1v) is 9.55. The summed E-state index contributed by atoms with van der Waals surface area (Å²) in [6, 6.07) is 5.40. The highest BCUT2D eigenvalue weighted by atomic mass is 32.1. The fourth-order valence-corrected chi connectivity index (χ4v) is 4.11. The highest BCUT2D eigenvalue weighted by molar-refractivity contribution is 7.14. The van der Waals surface area contributed by atoms with Crippen LogP contribution < -0.4 is 10.6 Å². The quantitative estimate of drug-likeness (QED) is 0.551. The van der Waals surface area contributed by atoms with Gasteiger partial charge in [-0.05, 0) is 36.4 Å². The highest BCUT2D eigenvalue weighted by Crippen LogP contribution is 2.30. The smallest absolute Gasteiger partial charge is 0.407 e. The van der Waals surface area contributed by atoms with Gasteiger partial charge in [0.25, 0.3) is 5.91 Å². The summed E-state index contributed by atoms with van der Waals surface area (Å²) in [5, 5.41) is 19.0. The second kappa shape index (κ2) is 7.28. The minimum atomic E-state index is -0.944. The summed E-state index contributed by atoms with van der Waals surface area (Å²) in [5.41, 5.74) is 2.19. The maximum absolute atomic E-state index is 12.7. The Hall–Kier alpha value is -3.07. The van der Waals surface area contributed by atoms with Gasteiger partial charge in [0.2, 0.25) is 0 Å². The molecule has 3 aromatic rings. The molecule has 1 fully saturated rings. The number of rotatable bonds is 4. The third-order valence-corrected chi connectivity index (χ3v) is 5.48. The number of fused-ring (bicyclic) bond motifs is 1. The Morgan fingerprint density at radius 2 is 2.22 bits per heavy atom. The van der Waals surface area contributed by atoms with Crippen molar-refractivity contribution in [2.75, 3.05) is 18.4 Å². The van der Waals surface area contributed by atoms with Gasteiger partial charge in [-0.15, -0.1) is 11.3 Å². The molecule has 2 amide bonds. The van der Waals surface area contributed by atoms with Crippen molar-refractivity contribution in [3.8, 4) is 0 Å². The molecule has 1 saturated heterocycles. The van der Waals surface area contributed by atoms with Crippen molar-refractivity contribution >= 4 is 45.1 Å². The summed E-state index contributed by atoms with van der Waals surface area (Å²) in [4.78, 5) is 32.6. The van der Waals surface area contributed by atoms with E-state index in [0.29, 0.717) is 18.7 Å². The number of nitrogens with one attached hydrogen (secondary N) is 3. The SMILES string of the molecule is O=C(NC1CCCN(C(=O)O)C1)c1ccsc1Nc1ccnc2[nH]ccc12. The molecule has 0 spiro atoms. The van der Waals surface area contributed by atoms with Crippen molar-refractivity contribution in [1.82, 2.24) is 20.2 Å². The second-order valence-electron chi connectivity index (χ2n) is 6.43. The van der Waals surface area contributed by atoms with Crippen molar-refractivity contribution in [3.63, 3.8) is 0 Å². The predicted molar refractivity (Wildman–Crippen MR) is 104 cm³/mol. The molecule has 0 aromatic carbocycles. The number of aromatic amines is 1. The van der Waals surface area contributed by atoms with E-state index in [0.717, 1.165) is 34.6 Å². The van der Waals surface area contributed by atoms with Gasteiger partial charge in [-0.2, -0.15) is 0 Å². The van der Waals surface area contributed by atoms with Gasteiger partial charge in [0, 0.05) is 36.9 Å². The van der Waals surface area contributed by atoms with Gasteiger partial charge >= 0.3 is 6.09 Å². The highest BCUT2D eigenvalue weighted by Gasteiger charge is 2.25. The van der Waals surface area contributed by atoms with E-state index in [2.05, 4.69) is 20.6 Å². The number of H-pyrrole nitrogens is 1. The Morgan fingerprint density at radius 3 is 3.07 bits per heavy atom. The number of amides is 2. The van der Waals surface area contributed by atoms with Gasteiger partial charge in [-0.1, -0.05) is 0 Å². The van der Waals surface area contributed by atoms with Crippen LogP contribution in [-0.2, 0) is 0 Å². The van der Waals surface area contributed by atoms with Crippen LogP contribution in [0.3, 0.4) is 0 Å².